The summed E-state index contributed by atoms with van der Waals surface area (Å²) in [6.07, 6.45) is 3.80. The Morgan fingerprint density at radius 3 is 2.24 bits per heavy atom. The molecule has 0 saturated carbocycles. The molecular formula is C43H34IrN3O2-3. The number of hydrogen-bond donors (Lipinski definition) is 0. The van der Waals surface area contributed by atoms with E-state index >= 15 is 0 Å². The summed E-state index contributed by atoms with van der Waals surface area (Å²) >= 11 is 0. The third-order valence-corrected chi connectivity index (χ3v) is 8.19. The molecule has 3 aromatic heterocycles. The van der Waals surface area contributed by atoms with Crippen LogP contribution in [0.25, 0.3) is 55.7 Å². The molecule has 49 heavy (non-hydrogen) atoms. The maximum atomic E-state index is 12.1. The van der Waals surface area contributed by atoms with Crippen molar-refractivity contribution in [1.82, 2.24) is 4.98 Å². The number of benzene rings is 4. The third kappa shape index (κ3) is 7.42. The fourth-order valence-electron chi connectivity index (χ4n) is 5.68. The predicted molar refractivity (Wildman–Crippen MR) is 191 cm³/mol. The van der Waals surface area contributed by atoms with E-state index in [2.05, 4.69) is 92.4 Å². The molecule has 245 valence electrons. The fourth-order valence-corrected chi connectivity index (χ4v) is 5.68. The molecule has 7 rings (SSSR count). The smallest absolute Gasteiger partial charge is 0.314 e. The van der Waals surface area contributed by atoms with Gasteiger partial charge in [-0.15, -0.1) is 53.6 Å². The van der Waals surface area contributed by atoms with Gasteiger partial charge in [0.05, 0.1) is 17.6 Å². The molecule has 5 nitrogen and oxygen atoms in total. The van der Waals surface area contributed by atoms with Crippen LogP contribution in [0, 0.1) is 41.1 Å². The van der Waals surface area contributed by atoms with Crippen LogP contribution >= 0.6 is 0 Å². The summed E-state index contributed by atoms with van der Waals surface area (Å²) in [5, 5.41) is 2.35. The average Bonchev–Trinajstić information content (AvgIpc) is 3.13. The number of hydrogen-bond acceptors (Lipinski definition) is 3. The van der Waals surface area contributed by atoms with Crippen LogP contribution in [-0.4, -0.2) is 11.0 Å². The first-order valence-corrected chi connectivity index (χ1v) is 15.4. The molecule has 0 unspecified atom stereocenters. The van der Waals surface area contributed by atoms with Gasteiger partial charge in [-0.25, -0.2) is 0 Å². The van der Waals surface area contributed by atoms with Gasteiger partial charge in [-0.3, -0.25) is 9.78 Å². The number of fused-ring (bicyclic) bond motifs is 1. The molecule has 0 spiro atoms. The second-order valence-electron chi connectivity index (χ2n) is 11.3. The number of carbonyl (C=O) groups is 1. The van der Waals surface area contributed by atoms with Crippen LogP contribution in [0.5, 0.6) is 0 Å². The zero-order chi connectivity index (χ0) is 33.6. The standard InChI is InChI=1S/C22H17N2.C21H17NO2.Ir/c1-16-18(21-12-5-6-14-23-21)10-7-11-19(16)22-20-9-4-3-8-17(20)13-15-24(22)2;1-15-9-11-16(12-10-15)18-13-19(17-7-5-4-6-8-17)22(2)20(14-18)21(23)24-3;/h3-15H,1-2H2;4-7,9-14H,2-3H2,1H3;/q-1;-2;. The van der Waals surface area contributed by atoms with E-state index in [9.17, 15) is 4.79 Å². The first-order valence-electron chi connectivity index (χ1n) is 15.4. The number of ether oxygens (including phenoxy) is 1. The van der Waals surface area contributed by atoms with Crippen LogP contribution in [0.3, 0.4) is 0 Å². The Morgan fingerprint density at radius 1 is 0.796 bits per heavy atom. The van der Waals surface area contributed by atoms with Gasteiger partial charge < -0.3 is 13.9 Å². The molecule has 7 aromatic rings. The average molecular weight is 817 g/mol. The van der Waals surface area contributed by atoms with Crippen LogP contribution in [-0.2, 0) is 24.8 Å². The van der Waals surface area contributed by atoms with Crippen LogP contribution in [0.1, 0.15) is 21.6 Å². The Morgan fingerprint density at radius 2 is 1.53 bits per heavy atom. The van der Waals surface area contributed by atoms with Crippen LogP contribution < -0.4 is 9.13 Å². The topological polar surface area (TPSA) is 47.0 Å². The van der Waals surface area contributed by atoms with Crippen molar-refractivity contribution >= 4 is 16.7 Å². The zero-order valence-corrected chi connectivity index (χ0v) is 29.5. The summed E-state index contributed by atoms with van der Waals surface area (Å²) in [4.78, 5) is 16.6. The Kier molecular flexibility index (Phi) is 10.9. The van der Waals surface area contributed by atoms with Gasteiger partial charge in [0.1, 0.15) is 0 Å². The van der Waals surface area contributed by atoms with Crippen LogP contribution in [0.4, 0.5) is 0 Å². The van der Waals surface area contributed by atoms with Gasteiger partial charge in [0.2, 0.25) is 0 Å². The van der Waals surface area contributed by atoms with Crippen molar-refractivity contribution in [2.24, 2.45) is 0 Å². The number of aromatic nitrogens is 3. The minimum Gasteiger partial charge on any atom is -0.642 e. The maximum Gasteiger partial charge on any atom is 0.314 e. The summed E-state index contributed by atoms with van der Waals surface area (Å²) < 4.78 is 8.12. The minimum atomic E-state index is -0.531. The van der Waals surface area contributed by atoms with E-state index < -0.39 is 5.97 Å². The molecule has 4 aromatic carbocycles. The van der Waals surface area contributed by atoms with Crippen molar-refractivity contribution in [3.63, 3.8) is 0 Å². The Bertz CT molecular complexity index is 2220. The van der Waals surface area contributed by atoms with Crippen molar-refractivity contribution < 1.29 is 38.8 Å². The van der Waals surface area contributed by atoms with E-state index in [1.807, 2.05) is 90.5 Å². The monoisotopic (exact) mass is 817 g/mol. The number of nitrogens with zero attached hydrogens (tertiary/aromatic N) is 3. The molecule has 0 atom stereocenters. The first kappa shape index (κ1) is 34.6. The van der Waals surface area contributed by atoms with E-state index in [-0.39, 0.29) is 20.1 Å². The van der Waals surface area contributed by atoms with Crippen molar-refractivity contribution in [3.05, 3.63) is 191 Å². The Hall–Kier alpha value is -5.68. The van der Waals surface area contributed by atoms with Gasteiger partial charge >= 0.3 is 5.97 Å². The Labute approximate surface area is 301 Å². The summed E-state index contributed by atoms with van der Waals surface area (Å²) in [7, 11) is 11.4. The second kappa shape index (κ2) is 15.5. The van der Waals surface area contributed by atoms with E-state index in [0.717, 1.165) is 55.8 Å². The van der Waals surface area contributed by atoms with Gasteiger partial charge in [0, 0.05) is 46.1 Å². The Balaban J connectivity index is 0.000000187. The molecule has 6 heteroatoms. The number of pyridine rings is 3. The van der Waals surface area contributed by atoms with E-state index in [1.54, 1.807) is 16.8 Å². The normalized spacial score (nSPS) is 10.4. The molecule has 0 N–H and O–H groups in total. The molecule has 1 radical (unpaired) electrons. The van der Waals surface area contributed by atoms with Crippen molar-refractivity contribution in [1.29, 1.82) is 0 Å². The summed E-state index contributed by atoms with van der Waals surface area (Å²) in [5.74, 6) is -0.531. The molecular weight excluding hydrogens is 783 g/mol. The maximum absolute atomic E-state index is 12.1. The van der Waals surface area contributed by atoms with E-state index in [0.29, 0.717) is 5.69 Å². The molecule has 0 amide bonds. The van der Waals surface area contributed by atoms with Gasteiger partial charge in [0.15, 0.2) is 5.69 Å². The van der Waals surface area contributed by atoms with Crippen molar-refractivity contribution in [2.45, 2.75) is 6.92 Å². The molecule has 3 heterocycles. The SMILES string of the molecule is [CH2-]OC(=O)c1cc(-c2ccc(C)cc2)cc(-c2[c-]cccc2)[n+]1[CH2-].[CH2-]c1c(-c2ccccn2)cccc1-c1c2ccccc2cc[n+]1[CH2-].[Ir]. The van der Waals surface area contributed by atoms with Crippen LogP contribution in [0.2, 0.25) is 0 Å². The molecule has 0 aliphatic carbocycles. The first-order chi connectivity index (χ1) is 23.4. The summed E-state index contributed by atoms with van der Waals surface area (Å²) in [5.41, 5.74) is 10.1. The third-order valence-electron chi connectivity index (χ3n) is 8.19. The molecule has 0 saturated heterocycles. The molecule has 0 bridgehead atoms. The van der Waals surface area contributed by atoms with E-state index in [4.69, 9.17) is 0 Å². The van der Waals surface area contributed by atoms with Crippen molar-refractivity contribution in [2.75, 3.05) is 0 Å². The summed E-state index contributed by atoms with van der Waals surface area (Å²) in [6, 6.07) is 45.2. The van der Waals surface area contributed by atoms with Crippen molar-refractivity contribution in [3.8, 4) is 44.9 Å². The van der Waals surface area contributed by atoms with Crippen LogP contribution in [0.15, 0.2) is 140 Å². The fraction of sp³-hybridized carbons (Fsp3) is 0.0233. The number of esters is 1. The number of rotatable bonds is 5. The molecule has 0 aliphatic heterocycles. The van der Waals surface area contributed by atoms with Gasteiger partial charge in [-0.05, 0) is 59.2 Å². The summed E-state index contributed by atoms with van der Waals surface area (Å²) in [6.45, 7) is 6.38. The minimum absolute atomic E-state index is 0. The predicted octanol–water partition coefficient (Wildman–Crippen LogP) is 8.68. The zero-order valence-electron chi connectivity index (χ0n) is 27.1. The number of aryl methyl sites for hydroxylation is 1. The molecule has 0 aliphatic rings. The van der Waals surface area contributed by atoms with Gasteiger partial charge in [-0.1, -0.05) is 71.8 Å². The largest absolute Gasteiger partial charge is 0.642 e. The second-order valence-corrected chi connectivity index (χ2v) is 11.3. The number of carbonyl (C=O) groups excluding carboxylic acids is 1. The van der Waals surface area contributed by atoms with Gasteiger partial charge in [-0.2, -0.15) is 19.6 Å². The quantitative estimate of drug-likeness (QED) is 0.0994. The molecule has 0 fully saturated rings. The van der Waals surface area contributed by atoms with Gasteiger partial charge in [0.25, 0.3) is 0 Å². The van der Waals surface area contributed by atoms with E-state index in [1.165, 1.54) is 10.9 Å².